The van der Waals surface area contributed by atoms with Crippen LogP contribution in [-0.4, -0.2) is 40.1 Å². The lowest BCUT2D eigenvalue weighted by molar-refractivity contribution is -0.385. The fourth-order valence-corrected chi connectivity index (χ4v) is 3.97. The topological polar surface area (TPSA) is 80.1 Å². The fraction of sp³-hybridized carbons (Fsp3) is 0.391. The van der Waals surface area contributed by atoms with Crippen molar-refractivity contribution in [2.24, 2.45) is 0 Å². The second-order valence-corrected chi connectivity index (χ2v) is 14.7. The third-order valence-electron chi connectivity index (χ3n) is 4.50. The molecule has 0 atom stereocenters. The lowest BCUT2D eigenvalue weighted by Gasteiger charge is -2.16. The lowest BCUT2D eigenvalue weighted by Crippen LogP contribution is -2.22. The number of methoxy groups -OCH3 is 1. The molecule has 0 spiro atoms. The molecule has 0 amide bonds. The molecular formula is C23H30BrNO6Si. The normalized spacial score (nSPS) is 11.6. The van der Waals surface area contributed by atoms with Crippen molar-refractivity contribution in [1.82, 2.24) is 0 Å². The molecule has 0 heterocycles. The minimum absolute atomic E-state index is 0.0750. The summed E-state index contributed by atoms with van der Waals surface area (Å²) in [4.78, 5) is 10.6. The van der Waals surface area contributed by atoms with E-state index in [-0.39, 0.29) is 18.2 Å². The molecule has 2 aromatic carbocycles. The Morgan fingerprint density at radius 2 is 1.84 bits per heavy atom. The van der Waals surface area contributed by atoms with Crippen LogP contribution in [0.1, 0.15) is 18.1 Å². The van der Waals surface area contributed by atoms with Gasteiger partial charge in [-0.2, -0.15) is 0 Å². The number of hydrogen-bond acceptors (Lipinski definition) is 6. The molecule has 0 aliphatic rings. The number of benzene rings is 2. The van der Waals surface area contributed by atoms with Crippen LogP contribution in [0, 0.1) is 10.1 Å². The van der Waals surface area contributed by atoms with E-state index in [1.165, 1.54) is 13.2 Å². The Kier molecular flexibility index (Phi) is 9.74. The maximum Gasteiger partial charge on any atom is 0.310 e. The Bertz CT molecular complexity index is 958. The van der Waals surface area contributed by atoms with Crippen LogP contribution in [0.25, 0.3) is 12.2 Å². The van der Waals surface area contributed by atoms with Crippen molar-refractivity contribution in [1.29, 1.82) is 0 Å². The van der Waals surface area contributed by atoms with Crippen LogP contribution in [0.2, 0.25) is 25.7 Å². The van der Waals surface area contributed by atoms with E-state index in [9.17, 15) is 10.1 Å². The molecule has 0 aliphatic heterocycles. The monoisotopic (exact) mass is 523 g/mol. The molecule has 7 nitrogen and oxygen atoms in total. The van der Waals surface area contributed by atoms with Gasteiger partial charge in [0.25, 0.3) is 0 Å². The van der Waals surface area contributed by atoms with Gasteiger partial charge in [0.15, 0.2) is 12.5 Å². The first-order valence-electron chi connectivity index (χ1n) is 10.3. The number of nitro benzene ring substituents is 1. The summed E-state index contributed by atoms with van der Waals surface area (Å²) in [6, 6.07) is 9.50. The highest BCUT2D eigenvalue weighted by Crippen LogP contribution is 2.35. The third kappa shape index (κ3) is 7.96. The summed E-state index contributed by atoms with van der Waals surface area (Å²) in [5, 5.41) is 11.1. The van der Waals surface area contributed by atoms with Crippen molar-refractivity contribution in [2.45, 2.75) is 32.6 Å². The van der Waals surface area contributed by atoms with Gasteiger partial charge in [-0.15, -0.1) is 0 Å². The molecule has 0 radical (unpaired) electrons. The van der Waals surface area contributed by atoms with E-state index in [1.807, 2.05) is 31.2 Å². The highest BCUT2D eigenvalue weighted by atomic mass is 79.9. The van der Waals surface area contributed by atoms with Crippen molar-refractivity contribution in [3.05, 3.63) is 56.0 Å². The largest absolute Gasteiger partial charge is 0.493 e. The second kappa shape index (κ2) is 12.0. The molecule has 0 bridgehead atoms. The van der Waals surface area contributed by atoms with E-state index >= 15 is 0 Å². The van der Waals surface area contributed by atoms with Gasteiger partial charge in [-0.1, -0.05) is 31.8 Å². The van der Waals surface area contributed by atoms with E-state index in [0.29, 0.717) is 24.7 Å². The predicted molar refractivity (Wildman–Crippen MR) is 133 cm³/mol. The van der Waals surface area contributed by atoms with Crippen LogP contribution in [0.3, 0.4) is 0 Å². The molecule has 0 unspecified atom stereocenters. The first-order valence-corrected chi connectivity index (χ1v) is 14.8. The standard InChI is InChI=1S/C23H30BrNO6Si/c1-6-30-22-15-19(31-16-29-11-12-32(3,4)5)14-18(23(22)24)9-7-17-8-10-20(25(26)27)21(13-17)28-2/h7-10,13-15H,6,11-12,16H2,1-5H3/b9-7+. The molecule has 9 heteroatoms. The predicted octanol–water partition coefficient (Wildman–Crippen LogP) is 6.63. The zero-order valence-electron chi connectivity index (χ0n) is 19.1. The summed E-state index contributed by atoms with van der Waals surface area (Å²) in [5.41, 5.74) is 1.53. The molecule has 0 aliphatic carbocycles. The molecule has 174 valence electrons. The van der Waals surface area contributed by atoms with Crippen LogP contribution in [0.15, 0.2) is 34.8 Å². The summed E-state index contributed by atoms with van der Waals surface area (Å²) >= 11 is 3.59. The molecule has 2 aromatic rings. The molecule has 0 saturated heterocycles. The number of hydrogen-bond donors (Lipinski definition) is 0. The van der Waals surface area contributed by atoms with Gasteiger partial charge in [-0.3, -0.25) is 10.1 Å². The van der Waals surface area contributed by atoms with Crippen molar-refractivity contribution >= 4 is 41.8 Å². The summed E-state index contributed by atoms with van der Waals surface area (Å²) in [6.07, 6.45) is 3.72. The Hall–Kier alpha value is -2.36. The maximum absolute atomic E-state index is 11.1. The second-order valence-electron chi connectivity index (χ2n) is 8.26. The smallest absolute Gasteiger partial charge is 0.310 e. The number of nitro groups is 1. The van der Waals surface area contributed by atoms with Gasteiger partial charge >= 0.3 is 5.69 Å². The van der Waals surface area contributed by atoms with E-state index in [4.69, 9.17) is 18.9 Å². The molecule has 0 aromatic heterocycles. The summed E-state index contributed by atoms with van der Waals surface area (Å²) in [6.45, 7) is 10.2. The van der Waals surface area contributed by atoms with Crippen LogP contribution in [-0.2, 0) is 4.74 Å². The van der Waals surface area contributed by atoms with Crippen molar-refractivity contribution < 1.29 is 23.9 Å². The molecule has 0 fully saturated rings. The molecule has 0 N–H and O–H groups in total. The van der Waals surface area contributed by atoms with Crippen LogP contribution in [0.5, 0.6) is 17.2 Å². The SMILES string of the molecule is CCOc1cc(OCOCC[Si](C)(C)C)cc(/C=C/c2ccc([N+](=O)[O-])c(OC)c2)c1Br. The number of rotatable bonds is 12. The van der Waals surface area contributed by atoms with Crippen molar-refractivity contribution in [2.75, 3.05) is 27.1 Å². The van der Waals surface area contributed by atoms with E-state index in [1.54, 1.807) is 12.1 Å². The van der Waals surface area contributed by atoms with Crippen molar-refractivity contribution in [3.8, 4) is 17.2 Å². The van der Waals surface area contributed by atoms with E-state index in [2.05, 4.69) is 35.6 Å². The van der Waals surface area contributed by atoms with Crippen LogP contribution >= 0.6 is 15.9 Å². The van der Waals surface area contributed by atoms with E-state index < -0.39 is 13.0 Å². The average Bonchev–Trinajstić information content (AvgIpc) is 2.73. The zero-order chi connectivity index (χ0) is 23.7. The highest BCUT2D eigenvalue weighted by Gasteiger charge is 2.15. The van der Waals surface area contributed by atoms with Crippen LogP contribution in [0.4, 0.5) is 5.69 Å². The first kappa shape index (κ1) is 25.9. The Morgan fingerprint density at radius 3 is 2.47 bits per heavy atom. The van der Waals surface area contributed by atoms with Gasteiger partial charge in [-0.05, 0) is 58.2 Å². The molecule has 32 heavy (non-hydrogen) atoms. The van der Waals surface area contributed by atoms with Gasteiger partial charge in [0, 0.05) is 26.8 Å². The Labute approximate surface area is 198 Å². The molecular weight excluding hydrogens is 494 g/mol. The number of halogens is 1. The zero-order valence-corrected chi connectivity index (χ0v) is 21.7. The highest BCUT2D eigenvalue weighted by molar-refractivity contribution is 9.10. The first-order chi connectivity index (χ1) is 15.1. The number of nitrogens with zero attached hydrogens (tertiary/aromatic N) is 1. The van der Waals surface area contributed by atoms with Gasteiger partial charge in [0.2, 0.25) is 0 Å². The fourth-order valence-electron chi connectivity index (χ4n) is 2.74. The average molecular weight is 524 g/mol. The van der Waals surface area contributed by atoms with Gasteiger partial charge in [0.1, 0.15) is 11.5 Å². The maximum atomic E-state index is 11.1. The summed E-state index contributed by atoms with van der Waals surface area (Å²) < 4.78 is 23.1. The lowest BCUT2D eigenvalue weighted by atomic mass is 10.1. The number of ether oxygens (including phenoxy) is 4. The van der Waals surface area contributed by atoms with Crippen LogP contribution < -0.4 is 14.2 Å². The van der Waals surface area contributed by atoms with E-state index in [0.717, 1.165) is 21.6 Å². The molecule has 2 rings (SSSR count). The summed E-state index contributed by atoms with van der Waals surface area (Å²) in [7, 11) is 0.266. The summed E-state index contributed by atoms with van der Waals surface area (Å²) in [5.74, 6) is 1.50. The van der Waals surface area contributed by atoms with Gasteiger partial charge in [-0.25, -0.2) is 0 Å². The van der Waals surface area contributed by atoms with Gasteiger partial charge < -0.3 is 18.9 Å². The molecule has 0 saturated carbocycles. The van der Waals surface area contributed by atoms with Gasteiger partial charge in [0.05, 0.1) is 23.1 Å². The van der Waals surface area contributed by atoms with Crippen molar-refractivity contribution in [3.63, 3.8) is 0 Å². The Morgan fingerprint density at radius 1 is 1.09 bits per heavy atom. The quantitative estimate of drug-likeness (QED) is 0.0775. The third-order valence-corrected chi connectivity index (χ3v) is 7.05. The Balaban J connectivity index is 2.20. The minimum atomic E-state index is -1.14. The minimum Gasteiger partial charge on any atom is -0.493 e.